The van der Waals surface area contributed by atoms with Crippen molar-refractivity contribution in [3.63, 3.8) is 0 Å². The van der Waals surface area contributed by atoms with Crippen LogP contribution in [0.3, 0.4) is 0 Å². The van der Waals surface area contributed by atoms with E-state index < -0.39 is 0 Å². The molecule has 0 saturated carbocycles. The quantitative estimate of drug-likeness (QED) is 0.707. The molecule has 0 aliphatic rings. The number of rotatable bonds is 6. The van der Waals surface area contributed by atoms with E-state index in [9.17, 15) is 0 Å². The lowest BCUT2D eigenvalue weighted by Crippen LogP contribution is -2.08. The first kappa shape index (κ1) is 14.8. The fraction of sp³-hybridized carbons (Fsp3) is 0.200. The Morgan fingerprint density at radius 2 is 2.04 bits per heavy atom. The highest BCUT2D eigenvalue weighted by Gasteiger charge is 2.09. The highest BCUT2D eigenvalue weighted by atomic mass is 16.5. The van der Waals surface area contributed by atoms with Crippen molar-refractivity contribution in [2.45, 2.75) is 13.1 Å². The molecule has 0 aliphatic heterocycles. The van der Waals surface area contributed by atoms with Gasteiger partial charge in [-0.25, -0.2) is 9.97 Å². The second kappa shape index (κ2) is 6.73. The molecule has 0 bridgehead atoms. The maximum Gasteiger partial charge on any atom is 0.223 e. The Bertz CT molecular complexity index is 773. The van der Waals surface area contributed by atoms with Crippen molar-refractivity contribution in [2.75, 3.05) is 18.2 Å². The van der Waals surface area contributed by atoms with Crippen LogP contribution in [-0.2, 0) is 13.1 Å². The van der Waals surface area contributed by atoms with E-state index in [4.69, 9.17) is 10.5 Å². The first-order valence-electron chi connectivity index (χ1n) is 7.05. The second-order valence-corrected chi connectivity index (χ2v) is 4.93. The highest BCUT2D eigenvalue weighted by Crippen LogP contribution is 2.21. The Kier molecular flexibility index (Phi) is 4.32. The third-order valence-corrected chi connectivity index (χ3v) is 3.36. The predicted octanol–water partition coefficient (Wildman–Crippen LogP) is 1.32. The van der Waals surface area contributed by atoms with Crippen LogP contribution in [0.1, 0.15) is 11.1 Å². The van der Waals surface area contributed by atoms with Gasteiger partial charge in [0.05, 0.1) is 19.2 Å². The summed E-state index contributed by atoms with van der Waals surface area (Å²) in [5.41, 5.74) is 8.74. The Balaban J connectivity index is 1.71. The molecule has 1 aromatic carbocycles. The van der Waals surface area contributed by atoms with Gasteiger partial charge >= 0.3 is 0 Å². The fourth-order valence-electron chi connectivity index (χ4n) is 2.24. The summed E-state index contributed by atoms with van der Waals surface area (Å²) in [6.07, 6.45) is 4.76. The number of hydrogen-bond acceptors (Lipinski definition) is 7. The number of methoxy groups -OCH3 is 1. The molecule has 3 N–H and O–H groups in total. The maximum atomic E-state index is 5.89. The van der Waals surface area contributed by atoms with Crippen LogP contribution in [0, 0.1) is 0 Å². The average molecular weight is 311 g/mol. The van der Waals surface area contributed by atoms with Gasteiger partial charge in [0, 0.05) is 12.2 Å². The van der Waals surface area contributed by atoms with Crippen molar-refractivity contribution < 1.29 is 4.74 Å². The molecule has 0 fully saturated rings. The number of nitrogens with zero attached hydrogens (tertiary/aromatic N) is 5. The number of aromatic nitrogens is 5. The number of nitrogens with one attached hydrogen (secondary N) is 1. The minimum Gasteiger partial charge on any atom is -0.481 e. The van der Waals surface area contributed by atoms with Gasteiger partial charge in [-0.15, -0.1) is 10.2 Å². The standard InChI is InChI=1S/C15H17N7O/c1-23-15-13(14(16)18-8-19-15)6-17-12-4-2-3-11(5-12)7-22-9-20-21-10-22/h2-5,8-10,17H,6-7H2,1H3,(H2,16,18,19). The van der Waals surface area contributed by atoms with Crippen LogP contribution in [0.2, 0.25) is 0 Å². The number of anilines is 2. The molecule has 3 rings (SSSR count). The van der Waals surface area contributed by atoms with E-state index in [-0.39, 0.29) is 0 Å². The van der Waals surface area contributed by atoms with Gasteiger partial charge in [-0.1, -0.05) is 12.1 Å². The molecule has 0 radical (unpaired) electrons. The summed E-state index contributed by atoms with van der Waals surface area (Å²) in [7, 11) is 1.56. The van der Waals surface area contributed by atoms with Crippen LogP contribution < -0.4 is 15.8 Å². The predicted molar refractivity (Wildman–Crippen MR) is 85.9 cm³/mol. The Hall–Kier alpha value is -3.16. The molecule has 0 saturated heterocycles. The van der Waals surface area contributed by atoms with Gasteiger partial charge in [0.25, 0.3) is 0 Å². The number of ether oxygens (including phenoxy) is 1. The van der Waals surface area contributed by atoms with Gasteiger partial charge in [0.1, 0.15) is 24.8 Å². The number of nitrogen functional groups attached to an aromatic ring is 1. The molecular weight excluding hydrogens is 294 g/mol. The molecule has 2 heterocycles. The molecule has 8 nitrogen and oxygen atoms in total. The van der Waals surface area contributed by atoms with Crippen molar-refractivity contribution in [3.05, 3.63) is 54.4 Å². The van der Waals surface area contributed by atoms with Crippen molar-refractivity contribution >= 4 is 11.5 Å². The Morgan fingerprint density at radius 1 is 1.22 bits per heavy atom. The van der Waals surface area contributed by atoms with Crippen LogP contribution in [0.4, 0.5) is 11.5 Å². The number of nitrogens with two attached hydrogens (primary N) is 1. The SMILES string of the molecule is COc1ncnc(N)c1CNc1cccc(Cn2cnnc2)c1. The molecular formula is C15H17N7O. The van der Waals surface area contributed by atoms with E-state index in [2.05, 4.69) is 31.5 Å². The van der Waals surface area contributed by atoms with E-state index in [1.165, 1.54) is 6.33 Å². The van der Waals surface area contributed by atoms with E-state index in [0.29, 0.717) is 24.8 Å². The largest absolute Gasteiger partial charge is 0.481 e. The van der Waals surface area contributed by atoms with Gasteiger partial charge in [-0.2, -0.15) is 0 Å². The third kappa shape index (κ3) is 3.54. The molecule has 0 atom stereocenters. The minimum atomic E-state index is 0.407. The molecule has 3 aromatic rings. The molecule has 0 amide bonds. The van der Waals surface area contributed by atoms with Crippen LogP contribution >= 0.6 is 0 Å². The molecule has 2 aromatic heterocycles. The Morgan fingerprint density at radius 3 is 2.83 bits per heavy atom. The third-order valence-electron chi connectivity index (χ3n) is 3.36. The number of benzene rings is 1. The highest BCUT2D eigenvalue weighted by molar-refractivity contribution is 5.50. The van der Waals surface area contributed by atoms with Crippen LogP contribution in [0.5, 0.6) is 5.88 Å². The zero-order valence-electron chi connectivity index (χ0n) is 12.7. The van der Waals surface area contributed by atoms with Gasteiger partial charge in [-0.3, -0.25) is 0 Å². The average Bonchev–Trinajstić information content (AvgIpc) is 3.07. The summed E-state index contributed by atoms with van der Waals surface area (Å²) in [5.74, 6) is 0.885. The molecule has 23 heavy (non-hydrogen) atoms. The van der Waals surface area contributed by atoms with Crippen LogP contribution in [-0.4, -0.2) is 31.8 Å². The van der Waals surface area contributed by atoms with E-state index in [0.717, 1.165) is 16.8 Å². The van der Waals surface area contributed by atoms with Crippen molar-refractivity contribution in [3.8, 4) is 5.88 Å². The van der Waals surface area contributed by atoms with Crippen LogP contribution in [0.15, 0.2) is 43.2 Å². The topological polar surface area (TPSA) is 104 Å². The lowest BCUT2D eigenvalue weighted by molar-refractivity contribution is 0.392. The lowest BCUT2D eigenvalue weighted by atomic mass is 10.2. The van der Waals surface area contributed by atoms with E-state index in [1.54, 1.807) is 19.8 Å². The van der Waals surface area contributed by atoms with Gasteiger partial charge < -0.3 is 20.4 Å². The van der Waals surface area contributed by atoms with Gasteiger partial charge in [-0.05, 0) is 17.7 Å². The summed E-state index contributed by atoms with van der Waals surface area (Å²) < 4.78 is 7.13. The smallest absolute Gasteiger partial charge is 0.223 e. The van der Waals surface area contributed by atoms with Gasteiger partial charge in [0.2, 0.25) is 5.88 Å². The molecule has 0 unspecified atom stereocenters. The Labute approximate surface area is 133 Å². The minimum absolute atomic E-state index is 0.407. The summed E-state index contributed by atoms with van der Waals surface area (Å²) >= 11 is 0. The zero-order valence-corrected chi connectivity index (χ0v) is 12.7. The normalized spacial score (nSPS) is 10.5. The van der Waals surface area contributed by atoms with E-state index >= 15 is 0 Å². The number of hydrogen-bond donors (Lipinski definition) is 2. The zero-order chi connectivity index (χ0) is 16.1. The van der Waals surface area contributed by atoms with Crippen LogP contribution in [0.25, 0.3) is 0 Å². The maximum absolute atomic E-state index is 5.89. The van der Waals surface area contributed by atoms with Crippen molar-refractivity contribution in [1.82, 2.24) is 24.7 Å². The second-order valence-electron chi connectivity index (χ2n) is 4.93. The first-order valence-corrected chi connectivity index (χ1v) is 7.05. The summed E-state index contributed by atoms with van der Waals surface area (Å²) in [4.78, 5) is 8.06. The summed E-state index contributed by atoms with van der Waals surface area (Å²) in [5, 5.41) is 10.9. The molecule has 118 valence electrons. The van der Waals surface area contributed by atoms with Crippen molar-refractivity contribution in [2.24, 2.45) is 0 Å². The fourth-order valence-corrected chi connectivity index (χ4v) is 2.24. The van der Waals surface area contributed by atoms with Gasteiger partial charge in [0.15, 0.2) is 0 Å². The summed E-state index contributed by atoms with van der Waals surface area (Å²) in [6.45, 7) is 1.19. The molecule has 0 spiro atoms. The van der Waals surface area contributed by atoms with Crippen molar-refractivity contribution in [1.29, 1.82) is 0 Å². The van der Waals surface area contributed by atoms with E-state index in [1.807, 2.05) is 22.8 Å². The molecule has 8 heteroatoms. The lowest BCUT2D eigenvalue weighted by Gasteiger charge is -2.12. The monoisotopic (exact) mass is 311 g/mol. The molecule has 0 aliphatic carbocycles. The first-order chi connectivity index (χ1) is 11.3. The summed E-state index contributed by atoms with van der Waals surface area (Å²) in [6, 6.07) is 8.09.